The predicted molar refractivity (Wildman–Crippen MR) is 120 cm³/mol. The number of amides is 1. The van der Waals surface area contributed by atoms with Crippen molar-refractivity contribution in [3.05, 3.63) is 45.8 Å². The molecule has 3 aromatic rings. The van der Waals surface area contributed by atoms with E-state index in [1.807, 2.05) is 32.4 Å². The van der Waals surface area contributed by atoms with Crippen LogP contribution in [0.2, 0.25) is 0 Å². The standard InChI is InChI=1S/C23H28N2O4S/c1-7-27-18-12-16(13-19(28-8-2)21(18)29-9-3)22(26)24-23-25(6)17-10-14(4)15(5)11-20(17)30-23/h10-13H,7-9H2,1-6H3. The lowest BCUT2D eigenvalue weighted by Crippen LogP contribution is -2.13. The van der Waals surface area contributed by atoms with E-state index in [0.29, 0.717) is 47.4 Å². The van der Waals surface area contributed by atoms with Crippen LogP contribution in [0, 0.1) is 13.8 Å². The van der Waals surface area contributed by atoms with Crippen LogP contribution in [0.3, 0.4) is 0 Å². The summed E-state index contributed by atoms with van der Waals surface area (Å²) in [5.74, 6) is 1.12. The quantitative estimate of drug-likeness (QED) is 0.543. The fourth-order valence-electron chi connectivity index (χ4n) is 3.15. The largest absolute Gasteiger partial charge is 0.490 e. The first kappa shape index (κ1) is 21.9. The Morgan fingerprint density at radius 1 is 0.933 bits per heavy atom. The molecule has 0 N–H and O–H groups in total. The van der Waals surface area contributed by atoms with Crippen molar-refractivity contribution in [3.8, 4) is 17.2 Å². The van der Waals surface area contributed by atoms with Gasteiger partial charge in [0.1, 0.15) is 0 Å². The number of benzene rings is 2. The number of thiazole rings is 1. The van der Waals surface area contributed by atoms with Gasteiger partial charge in [-0.3, -0.25) is 4.79 Å². The van der Waals surface area contributed by atoms with Crippen LogP contribution in [0.5, 0.6) is 17.2 Å². The molecule has 160 valence electrons. The number of hydrogen-bond donors (Lipinski definition) is 0. The zero-order valence-corrected chi connectivity index (χ0v) is 19.2. The molecule has 0 radical (unpaired) electrons. The molecule has 0 saturated carbocycles. The van der Waals surface area contributed by atoms with Gasteiger partial charge in [0.2, 0.25) is 5.75 Å². The first-order valence-electron chi connectivity index (χ1n) is 10.1. The molecule has 2 aromatic carbocycles. The molecule has 0 saturated heterocycles. The van der Waals surface area contributed by atoms with Crippen molar-refractivity contribution in [2.24, 2.45) is 12.0 Å². The monoisotopic (exact) mass is 428 g/mol. The molecule has 0 bridgehead atoms. The molecule has 3 rings (SSSR count). The highest BCUT2D eigenvalue weighted by Gasteiger charge is 2.18. The number of carbonyl (C=O) groups excluding carboxylic acids is 1. The molecule has 0 spiro atoms. The minimum absolute atomic E-state index is 0.351. The van der Waals surface area contributed by atoms with Gasteiger partial charge in [-0.2, -0.15) is 4.99 Å². The molecule has 0 aliphatic heterocycles. The molecular weight excluding hydrogens is 400 g/mol. The average molecular weight is 429 g/mol. The fraction of sp³-hybridized carbons (Fsp3) is 0.391. The smallest absolute Gasteiger partial charge is 0.279 e. The second-order valence-electron chi connectivity index (χ2n) is 6.87. The van der Waals surface area contributed by atoms with Crippen LogP contribution in [-0.2, 0) is 7.05 Å². The summed E-state index contributed by atoms with van der Waals surface area (Å²) in [6.07, 6.45) is 0. The number of rotatable bonds is 7. The van der Waals surface area contributed by atoms with Crippen LogP contribution >= 0.6 is 11.3 Å². The van der Waals surface area contributed by atoms with E-state index in [2.05, 4.69) is 31.0 Å². The Balaban J connectivity index is 2.10. The van der Waals surface area contributed by atoms with Crippen molar-refractivity contribution in [1.29, 1.82) is 0 Å². The van der Waals surface area contributed by atoms with Gasteiger partial charge in [0.15, 0.2) is 16.3 Å². The Kier molecular flexibility index (Phi) is 6.82. The topological polar surface area (TPSA) is 62.0 Å². The summed E-state index contributed by atoms with van der Waals surface area (Å²) < 4.78 is 20.2. The lowest BCUT2D eigenvalue weighted by molar-refractivity contribution is 0.0997. The van der Waals surface area contributed by atoms with E-state index >= 15 is 0 Å². The molecule has 0 fully saturated rings. The molecule has 6 nitrogen and oxygen atoms in total. The fourth-order valence-corrected chi connectivity index (χ4v) is 4.25. The summed E-state index contributed by atoms with van der Waals surface area (Å²) in [5.41, 5.74) is 3.89. The van der Waals surface area contributed by atoms with E-state index < -0.39 is 0 Å². The molecule has 0 unspecified atom stereocenters. The maximum absolute atomic E-state index is 13.0. The Hall–Kier alpha value is -2.80. The van der Waals surface area contributed by atoms with E-state index in [1.54, 1.807) is 12.1 Å². The molecular formula is C23H28N2O4S. The number of nitrogens with zero attached hydrogens (tertiary/aromatic N) is 2. The highest BCUT2D eigenvalue weighted by atomic mass is 32.1. The normalized spacial score (nSPS) is 11.7. The number of fused-ring (bicyclic) bond motifs is 1. The van der Waals surface area contributed by atoms with Gasteiger partial charge in [0, 0.05) is 12.6 Å². The average Bonchev–Trinajstić information content (AvgIpc) is 2.99. The minimum Gasteiger partial charge on any atom is -0.490 e. The number of hydrogen-bond acceptors (Lipinski definition) is 5. The van der Waals surface area contributed by atoms with Crippen molar-refractivity contribution in [3.63, 3.8) is 0 Å². The predicted octanol–water partition coefficient (Wildman–Crippen LogP) is 4.79. The number of carbonyl (C=O) groups is 1. The summed E-state index contributed by atoms with van der Waals surface area (Å²) >= 11 is 1.50. The number of aryl methyl sites for hydroxylation is 3. The van der Waals surface area contributed by atoms with Gasteiger partial charge in [0.25, 0.3) is 5.91 Å². The summed E-state index contributed by atoms with van der Waals surface area (Å²) in [6, 6.07) is 7.60. The lowest BCUT2D eigenvalue weighted by Gasteiger charge is -2.16. The van der Waals surface area contributed by atoms with Gasteiger partial charge >= 0.3 is 0 Å². The maximum Gasteiger partial charge on any atom is 0.279 e. The van der Waals surface area contributed by atoms with Crippen LogP contribution in [0.4, 0.5) is 0 Å². The van der Waals surface area contributed by atoms with Crippen molar-refractivity contribution in [2.45, 2.75) is 34.6 Å². The van der Waals surface area contributed by atoms with Crippen molar-refractivity contribution >= 4 is 27.5 Å². The maximum atomic E-state index is 13.0. The van der Waals surface area contributed by atoms with E-state index in [9.17, 15) is 4.79 Å². The summed E-state index contributed by atoms with van der Waals surface area (Å²) in [5, 5.41) is 0. The lowest BCUT2D eigenvalue weighted by atomic mass is 10.1. The summed E-state index contributed by atoms with van der Waals surface area (Å²) in [7, 11) is 1.93. The van der Waals surface area contributed by atoms with Gasteiger partial charge in [-0.1, -0.05) is 11.3 Å². The van der Waals surface area contributed by atoms with Crippen LogP contribution in [0.1, 0.15) is 42.3 Å². The molecule has 7 heteroatoms. The second-order valence-corrected chi connectivity index (χ2v) is 7.87. The minimum atomic E-state index is -0.351. The van der Waals surface area contributed by atoms with Crippen LogP contribution in [-0.4, -0.2) is 30.3 Å². The van der Waals surface area contributed by atoms with E-state index in [-0.39, 0.29) is 5.91 Å². The number of ether oxygens (including phenoxy) is 3. The zero-order valence-electron chi connectivity index (χ0n) is 18.4. The van der Waals surface area contributed by atoms with E-state index in [4.69, 9.17) is 14.2 Å². The van der Waals surface area contributed by atoms with Gasteiger partial charge in [0.05, 0.1) is 30.0 Å². The third kappa shape index (κ3) is 4.36. The third-order valence-corrected chi connectivity index (χ3v) is 5.87. The third-order valence-electron chi connectivity index (χ3n) is 4.78. The van der Waals surface area contributed by atoms with Crippen molar-refractivity contribution in [2.75, 3.05) is 19.8 Å². The van der Waals surface area contributed by atoms with Gasteiger partial charge in [-0.15, -0.1) is 0 Å². The molecule has 0 aliphatic carbocycles. The zero-order chi connectivity index (χ0) is 21.8. The Morgan fingerprint density at radius 2 is 1.50 bits per heavy atom. The molecule has 30 heavy (non-hydrogen) atoms. The van der Waals surface area contributed by atoms with Gasteiger partial charge in [-0.05, 0) is 70.0 Å². The molecule has 1 heterocycles. The van der Waals surface area contributed by atoms with Crippen LogP contribution < -0.4 is 19.0 Å². The van der Waals surface area contributed by atoms with Gasteiger partial charge < -0.3 is 18.8 Å². The van der Waals surface area contributed by atoms with Crippen LogP contribution in [0.25, 0.3) is 10.2 Å². The summed E-state index contributed by atoms with van der Waals surface area (Å²) in [6.45, 7) is 11.2. The SMILES string of the molecule is CCOc1cc(C(=O)N=c2sc3cc(C)c(C)cc3n2C)cc(OCC)c1OCC. The molecule has 1 amide bonds. The molecule has 0 atom stereocenters. The Labute approximate surface area is 180 Å². The highest BCUT2D eigenvalue weighted by Crippen LogP contribution is 2.39. The van der Waals surface area contributed by atoms with Crippen molar-refractivity contribution in [1.82, 2.24) is 4.57 Å². The Bertz CT molecular complexity index is 1120. The Morgan fingerprint density at radius 3 is 2.07 bits per heavy atom. The van der Waals surface area contributed by atoms with E-state index in [1.165, 1.54) is 22.5 Å². The van der Waals surface area contributed by atoms with E-state index in [0.717, 1.165) is 10.2 Å². The molecule has 1 aromatic heterocycles. The first-order valence-corrected chi connectivity index (χ1v) is 10.9. The van der Waals surface area contributed by atoms with Gasteiger partial charge in [-0.25, -0.2) is 0 Å². The molecule has 0 aliphatic rings. The first-order chi connectivity index (χ1) is 14.4. The number of aromatic nitrogens is 1. The second kappa shape index (κ2) is 9.34. The van der Waals surface area contributed by atoms with Crippen LogP contribution in [0.15, 0.2) is 29.3 Å². The highest BCUT2D eigenvalue weighted by molar-refractivity contribution is 7.16. The summed E-state index contributed by atoms with van der Waals surface area (Å²) in [4.78, 5) is 18.1. The van der Waals surface area contributed by atoms with Crippen molar-refractivity contribution < 1.29 is 19.0 Å².